The Balaban J connectivity index is 1.94. The topological polar surface area (TPSA) is 100 Å². The Morgan fingerprint density at radius 3 is 2.71 bits per heavy atom. The van der Waals surface area contributed by atoms with Crippen molar-refractivity contribution in [2.75, 3.05) is 19.4 Å². The third-order valence-corrected chi connectivity index (χ3v) is 4.61. The van der Waals surface area contributed by atoms with Crippen LogP contribution in [0.3, 0.4) is 0 Å². The van der Waals surface area contributed by atoms with Crippen LogP contribution < -0.4 is 5.32 Å². The lowest BCUT2D eigenvalue weighted by Crippen LogP contribution is -2.54. The lowest BCUT2D eigenvalue weighted by Gasteiger charge is -2.36. The Morgan fingerprint density at radius 2 is 2.04 bits per heavy atom. The van der Waals surface area contributed by atoms with Gasteiger partial charge in [-0.2, -0.15) is 0 Å². The van der Waals surface area contributed by atoms with Crippen LogP contribution >= 0.6 is 0 Å². The Morgan fingerprint density at radius 1 is 1.29 bits per heavy atom. The van der Waals surface area contributed by atoms with Gasteiger partial charge in [0, 0.05) is 25.3 Å². The van der Waals surface area contributed by atoms with E-state index in [1.54, 1.807) is 38.4 Å². The molecule has 1 aliphatic rings. The van der Waals surface area contributed by atoms with E-state index in [9.17, 15) is 14.4 Å². The van der Waals surface area contributed by atoms with Gasteiger partial charge in [-0.25, -0.2) is 0 Å². The molecule has 0 fully saturated rings. The van der Waals surface area contributed by atoms with Gasteiger partial charge in [0.15, 0.2) is 5.82 Å². The summed E-state index contributed by atoms with van der Waals surface area (Å²) >= 11 is 0. The first-order valence-electron chi connectivity index (χ1n) is 8.76. The molecule has 0 aliphatic carbocycles. The third kappa shape index (κ3) is 3.64. The van der Waals surface area contributed by atoms with Crippen molar-refractivity contribution in [3.63, 3.8) is 0 Å². The Labute approximate surface area is 162 Å². The van der Waals surface area contributed by atoms with Crippen LogP contribution in [0.25, 0.3) is 0 Å². The summed E-state index contributed by atoms with van der Waals surface area (Å²) in [6, 6.07) is 5.90. The number of hydrogen-bond acceptors (Lipinski definition) is 5. The van der Waals surface area contributed by atoms with Gasteiger partial charge in [-0.1, -0.05) is 12.6 Å². The molecule has 0 radical (unpaired) electrons. The summed E-state index contributed by atoms with van der Waals surface area (Å²) in [4.78, 5) is 40.5. The number of aromatic nitrogens is 3. The fourth-order valence-corrected chi connectivity index (χ4v) is 3.13. The third-order valence-electron chi connectivity index (χ3n) is 4.61. The van der Waals surface area contributed by atoms with Crippen LogP contribution in [0.2, 0.25) is 0 Å². The van der Waals surface area contributed by atoms with E-state index in [2.05, 4.69) is 22.1 Å². The van der Waals surface area contributed by atoms with Crippen LogP contribution in [0.1, 0.15) is 22.0 Å². The Hall–Kier alpha value is -3.49. The zero-order valence-corrected chi connectivity index (χ0v) is 16.0. The maximum atomic E-state index is 13.2. The second-order valence-corrected chi connectivity index (χ2v) is 6.73. The molecule has 9 heteroatoms. The fourth-order valence-electron chi connectivity index (χ4n) is 3.13. The molecule has 1 atom stereocenters. The number of amides is 3. The summed E-state index contributed by atoms with van der Waals surface area (Å²) < 4.78 is 1.86. The van der Waals surface area contributed by atoms with Gasteiger partial charge in [-0.15, -0.1) is 10.2 Å². The number of likely N-dealkylation sites (N-methyl/N-ethyl adjacent to an activating group) is 1. The van der Waals surface area contributed by atoms with Crippen molar-refractivity contribution in [3.8, 4) is 0 Å². The molecule has 0 saturated heterocycles. The minimum Gasteiger partial charge on any atom is -0.347 e. The molecule has 3 amide bonds. The van der Waals surface area contributed by atoms with Gasteiger partial charge in [0.1, 0.15) is 11.9 Å². The molecule has 0 bridgehead atoms. The van der Waals surface area contributed by atoms with Gasteiger partial charge in [0.2, 0.25) is 11.8 Å². The number of benzene rings is 1. The molecule has 28 heavy (non-hydrogen) atoms. The normalized spacial score (nSPS) is 15.5. The number of nitrogens with one attached hydrogen (secondary N) is 1. The van der Waals surface area contributed by atoms with Crippen LogP contribution in [0.4, 0.5) is 5.69 Å². The van der Waals surface area contributed by atoms with Gasteiger partial charge in [-0.3, -0.25) is 14.4 Å². The standard InChI is InChI=1S/C19H22N6O3/c1-5-17(26)20-14-8-6-7-13(9-14)18(27)25-11-16-22-21-12(2)24(16)10-15(25)19(28)23(3)4/h5-9,15H,1,10-11H2,2-4H3,(H,20,26). The van der Waals surface area contributed by atoms with E-state index in [0.717, 1.165) is 6.08 Å². The molecule has 1 N–H and O–H groups in total. The van der Waals surface area contributed by atoms with Gasteiger partial charge in [0.25, 0.3) is 5.91 Å². The van der Waals surface area contributed by atoms with E-state index < -0.39 is 6.04 Å². The van der Waals surface area contributed by atoms with Crippen LogP contribution in [-0.2, 0) is 22.7 Å². The van der Waals surface area contributed by atoms with Crippen molar-refractivity contribution in [1.82, 2.24) is 24.6 Å². The molecule has 2 aromatic rings. The molecule has 146 valence electrons. The van der Waals surface area contributed by atoms with Crippen LogP contribution in [0, 0.1) is 6.92 Å². The summed E-state index contributed by atoms with van der Waals surface area (Å²) in [5.74, 6) is 0.467. The molecule has 1 aliphatic heterocycles. The molecule has 0 spiro atoms. The van der Waals surface area contributed by atoms with Gasteiger partial charge in [0.05, 0.1) is 13.1 Å². The van der Waals surface area contributed by atoms with E-state index in [1.165, 1.54) is 9.80 Å². The SMILES string of the molecule is C=CC(=O)Nc1cccc(C(=O)N2Cc3nnc(C)n3CC2C(=O)N(C)C)c1. The molecule has 9 nitrogen and oxygen atoms in total. The van der Waals surface area contributed by atoms with Crippen molar-refractivity contribution >= 4 is 23.4 Å². The van der Waals surface area contributed by atoms with Gasteiger partial charge < -0.3 is 19.7 Å². The zero-order chi connectivity index (χ0) is 20.4. The molecule has 1 aromatic heterocycles. The number of rotatable bonds is 4. The minimum atomic E-state index is -0.670. The second kappa shape index (κ2) is 7.63. The number of nitrogens with zero attached hydrogens (tertiary/aromatic N) is 5. The zero-order valence-electron chi connectivity index (χ0n) is 16.0. The predicted molar refractivity (Wildman–Crippen MR) is 102 cm³/mol. The van der Waals surface area contributed by atoms with Crippen molar-refractivity contribution in [2.24, 2.45) is 0 Å². The minimum absolute atomic E-state index is 0.174. The number of aryl methyl sites for hydroxylation is 1. The number of hydrogen-bond donors (Lipinski definition) is 1. The monoisotopic (exact) mass is 382 g/mol. The number of carbonyl (C=O) groups is 3. The highest BCUT2D eigenvalue weighted by atomic mass is 16.2. The average Bonchev–Trinajstić information content (AvgIpc) is 3.05. The molecule has 0 saturated carbocycles. The van der Waals surface area contributed by atoms with Crippen LogP contribution in [0.5, 0.6) is 0 Å². The van der Waals surface area contributed by atoms with E-state index in [1.807, 2.05) is 11.5 Å². The molecular weight excluding hydrogens is 360 g/mol. The predicted octanol–water partition coefficient (Wildman–Crippen LogP) is 0.824. The Kier molecular flexibility index (Phi) is 5.25. The van der Waals surface area contributed by atoms with E-state index in [4.69, 9.17) is 0 Å². The highest BCUT2D eigenvalue weighted by Gasteiger charge is 2.37. The smallest absolute Gasteiger partial charge is 0.255 e. The lowest BCUT2D eigenvalue weighted by atomic mass is 10.1. The summed E-state index contributed by atoms with van der Waals surface area (Å²) in [5.41, 5.74) is 0.838. The first-order chi connectivity index (χ1) is 13.3. The fraction of sp³-hybridized carbons (Fsp3) is 0.316. The van der Waals surface area contributed by atoms with Crippen molar-refractivity contribution in [2.45, 2.75) is 26.1 Å². The molecule has 3 rings (SSSR count). The van der Waals surface area contributed by atoms with Crippen molar-refractivity contribution < 1.29 is 14.4 Å². The summed E-state index contributed by atoms with van der Waals surface area (Å²) in [5, 5.41) is 10.8. The summed E-state index contributed by atoms with van der Waals surface area (Å²) in [6.45, 7) is 5.70. The molecule has 1 aromatic carbocycles. The van der Waals surface area contributed by atoms with Gasteiger partial charge >= 0.3 is 0 Å². The number of fused-ring (bicyclic) bond motifs is 1. The highest BCUT2D eigenvalue weighted by molar-refractivity contribution is 6.01. The largest absolute Gasteiger partial charge is 0.347 e. The maximum Gasteiger partial charge on any atom is 0.255 e. The molecule has 1 unspecified atom stereocenters. The number of anilines is 1. The van der Waals surface area contributed by atoms with Crippen LogP contribution in [-0.4, -0.2) is 62.4 Å². The lowest BCUT2D eigenvalue weighted by molar-refractivity contribution is -0.135. The van der Waals surface area contributed by atoms with E-state index in [0.29, 0.717) is 29.4 Å². The Bertz CT molecular complexity index is 949. The van der Waals surface area contributed by atoms with E-state index in [-0.39, 0.29) is 24.3 Å². The second-order valence-electron chi connectivity index (χ2n) is 6.73. The average molecular weight is 382 g/mol. The van der Waals surface area contributed by atoms with Crippen molar-refractivity contribution in [3.05, 3.63) is 54.1 Å². The first kappa shape index (κ1) is 19.3. The summed E-state index contributed by atoms with van der Waals surface area (Å²) in [6.07, 6.45) is 1.15. The van der Waals surface area contributed by atoms with Crippen molar-refractivity contribution in [1.29, 1.82) is 0 Å². The quantitative estimate of drug-likeness (QED) is 0.789. The first-order valence-corrected chi connectivity index (χ1v) is 8.76. The molecule has 2 heterocycles. The van der Waals surface area contributed by atoms with Crippen LogP contribution in [0.15, 0.2) is 36.9 Å². The maximum absolute atomic E-state index is 13.2. The van der Waals surface area contributed by atoms with Gasteiger partial charge in [-0.05, 0) is 31.2 Å². The number of carbonyl (C=O) groups excluding carboxylic acids is 3. The van der Waals surface area contributed by atoms with E-state index >= 15 is 0 Å². The molecular formula is C19H22N6O3. The highest BCUT2D eigenvalue weighted by Crippen LogP contribution is 2.22. The summed E-state index contributed by atoms with van der Waals surface area (Å²) in [7, 11) is 3.32.